The van der Waals surface area contributed by atoms with Gasteiger partial charge in [0, 0.05) is 22.7 Å². The highest BCUT2D eigenvalue weighted by atomic mass is 35.5. The van der Waals surface area contributed by atoms with Gasteiger partial charge in [-0.2, -0.15) is 4.98 Å². The fourth-order valence-electron chi connectivity index (χ4n) is 1.85. The predicted molar refractivity (Wildman–Crippen MR) is 78.4 cm³/mol. The van der Waals surface area contributed by atoms with E-state index < -0.39 is 0 Å². The van der Waals surface area contributed by atoms with Gasteiger partial charge in [-0.05, 0) is 42.0 Å². The molecular weight excluding hydrogens is 274 g/mol. The van der Waals surface area contributed by atoms with Crippen molar-refractivity contribution < 1.29 is 4.52 Å². The maximum Gasteiger partial charge on any atom is 0.257 e. The van der Waals surface area contributed by atoms with E-state index >= 15 is 0 Å². The Morgan fingerprint density at radius 1 is 1.00 bits per heavy atom. The average molecular weight is 286 g/mol. The Morgan fingerprint density at radius 2 is 1.70 bits per heavy atom. The van der Waals surface area contributed by atoms with E-state index in [0.717, 1.165) is 11.1 Å². The highest BCUT2D eigenvalue weighted by Gasteiger charge is 2.09. The second-order valence-electron chi connectivity index (χ2n) is 4.44. The van der Waals surface area contributed by atoms with Crippen LogP contribution in [0.25, 0.3) is 11.5 Å². The molecule has 0 aliphatic heterocycles. The minimum atomic E-state index is 0.494. The molecule has 0 atom stereocenters. The van der Waals surface area contributed by atoms with Gasteiger partial charge in [-0.15, -0.1) is 0 Å². The second kappa shape index (κ2) is 5.35. The van der Waals surface area contributed by atoms with Crippen molar-refractivity contribution in [1.82, 2.24) is 10.1 Å². The number of nitrogens with zero attached hydrogens (tertiary/aromatic N) is 2. The van der Waals surface area contributed by atoms with E-state index in [2.05, 4.69) is 10.1 Å². The largest absolute Gasteiger partial charge is 0.399 e. The van der Waals surface area contributed by atoms with Crippen molar-refractivity contribution in [3.63, 3.8) is 0 Å². The molecule has 1 aromatic heterocycles. The molecule has 2 aromatic carbocycles. The summed E-state index contributed by atoms with van der Waals surface area (Å²) in [4.78, 5) is 4.38. The molecular formula is C15H12ClN3O. The Morgan fingerprint density at radius 3 is 2.40 bits per heavy atom. The van der Waals surface area contributed by atoms with Crippen molar-refractivity contribution >= 4 is 17.3 Å². The zero-order chi connectivity index (χ0) is 13.9. The molecule has 0 aliphatic carbocycles. The number of rotatable bonds is 3. The molecule has 2 N–H and O–H groups in total. The van der Waals surface area contributed by atoms with Crippen LogP contribution in [-0.4, -0.2) is 10.1 Å². The van der Waals surface area contributed by atoms with Crippen molar-refractivity contribution in [2.45, 2.75) is 6.42 Å². The molecule has 0 fully saturated rings. The van der Waals surface area contributed by atoms with Crippen LogP contribution in [0.2, 0.25) is 5.02 Å². The molecule has 3 aromatic rings. The molecule has 0 unspecified atom stereocenters. The van der Waals surface area contributed by atoms with Crippen LogP contribution < -0.4 is 5.73 Å². The Bertz CT molecular complexity index is 705. The van der Waals surface area contributed by atoms with Gasteiger partial charge in [-0.25, -0.2) is 0 Å². The van der Waals surface area contributed by atoms with Crippen LogP contribution in [0.1, 0.15) is 11.4 Å². The topological polar surface area (TPSA) is 64.9 Å². The summed E-state index contributed by atoms with van der Waals surface area (Å²) >= 11 is 5.85. The van der Waals surface area contributed by atoms with Gasteiger partial charge in [-0.1, -0.05) is 28.9 Å². The summed E-state index contributed by atoms with van der Waals surface area (Å²) in [6, 6.07) is 14.9. The number of hydrogen-bond acceptors (Lipinski definition) is 4. The molecule has 0 saturated carbocycles. The fourth-order valence-corrected chi connectivity index (χ4v) is 1.98. The average Bonchev–Trinajstić information content (AvgIpc) is 2.91. The van der Waals surface area contributed by atoms with Gasteiger partial charge in [0.2, 0.25) is 0 Å². The summed E-state index contributed by atoms with van der Waals surface area (Å²) in [6.07, 6.45) is 0.607. The zero-order valence-electron chi connectivity index (χ0n) is 10.6. The van der Waals surface area contributed by atoms with Gasteiger partial charge in [0.05, 0.1) is 0 Å². The zero-order valence-corrected chi connectivity index (χ0v) is 11.3. The third-order valence-corrected chi connectivity index (χ3v) is 3.15. The third-order valence-electron chi connectivity index (χ3n) is 2.90. The predicted octanol–water partition coefficient (Wildman–Crippen LogP) is 3.56. The molecule has 0 aliphatic rings. The molecule has 5 heteroatoms. The molecule has 0 amide bonds. The van der Waals surface area contributed by atoms with E-state index in [1.165, 1.54) is 0 Å². The highest BCUT2D eigenvalue weighted by Crippen LogP contribution is 2.19. The number of nitrogens with two attached hydrogens (primary N) is 1. The van der Waals surface area contributed by atoms with Crippen LogP contribution in [-0.2, 0) is 6.42 Å². The van der Waals surface area contributed by atoms with E-state index in [9.17, 15) is 0 Å². The minimum Gasteiger partial charge on any atom is -0.399 e. The van der Waals surface area contributed by atoms with Crippen LogP contribution >= 0.6 is 11.6 Å². The Kier molecular flexibility index (Phi) is 3.39. The maximum absolute atomic E-state index is 5.85. The van der Waals surface area contributed by atoms with Crippen molar-refractivity contribution in [3.8, 4) is 11.5 Å². The second-order valence-corrected chi connectivity index (χ2v) is 4.88. The number of aromatic nitrogens is 2. The number of halogens is 1. The molecule has 0 spiro atoms. The molecule has 20 heavy (non-hydrogen) atoms. The highest BCUT2D eigenvalue weighted by molar-refractivity contribution is 6.30. The van der Waals surface area contributed by atoms with Gasteiger partial charge in [0.15, 0.2) is 5.82 Å². The smallest absolute Gasteiger partial charge is 0.257 e. The fraction of sp³-hybridized carbons (Fsp3) is 0.0667. The Hall–Kier alpha value is -2.33. The van der Waals surface area contributed by atoms with Crippen LogP contribution in [0.15, 0.2) is 53.1 Å². The summed E-state index contributed by atoms with van der Waals surface area (Å²) in [6.45, 7) is 0. The lowest BCUT2D eigenvalue weighted by molar-refractivity contribution is 0.424. The van der Waals surface area contributed by atoms with Crippen LogP contribution in [0.3, 0.4) is 0 Å². The van der Waals surface area contributed by atoms with E-state index in [1.54, 1.807) is 12.1 Å². The molecule has 3 rings (SSSR count). The Labute approximate surface area is 121 Å². The summed E-state index contributed by atoms with van der Waals surface area (Å²) in [5.74, 6) is 1.13. The minimum absolute atomic E-state index is 0.494. The molecule has 100 valence electrons. The van der Waals surface area contributed by atoms with Gasteiger partial charge in [0.25, 0.3) is 5.89 Å². The lowest BCUT2D eigenvalue weighted by atomic mass is 10.1. The van der Waals surface area contributed by atoms with Crippen LogP contribution in [0.5, 0.6) is 0 Å². The summed E-state index contributed by atoms with van der Waals surface area (Å²) in [5, 5.41) is 4.69. The van der Waals surface area contributed by atoms with Crippen LogP contribution in [0.4, 0.5) is 5.69 Å². The van der Waals surface area contributed by atoms with E-state index in [-0.39, 0.29) is 0 Å². The van der Waals surface area contributed by atoms with Gasteiger partial charge in [0.1, 0.15) is 0 Å². The quantitative estimate of drug-likeness (QED) is 0.747. The van der Waals surface area contributed by atoms with Crippen molar-refractivity contribution in [2.75, 3.05) is 5.73 Å². The lowest BCUT2D eigenvalue weighted by Gasteiger charge is -1.96. The first-order valence-corrected chi connectivity index (χ1v) is 6.51. The van der Waals surface area contributed by atoms with Crippen molar-refractivity contribution in [2.24, 2.45) is 0 Å². The number of nitrogen functional groups attached to an aromatic ring is 1. The van der Waals surface area contributed by atoms with Crippen molar-refractivity contribution in [3.05, 3.63) is 64.9 Å². The van der Waals surface area contributed by atoms with E-state index in [0.29, 0.717) is 28.8 Å². The van der Waals surface area contributed by atoms with Gasteiger partial charge in [-0.3, -0.25) is 0 Å². The molecule has 0 saturated heterocycles. The molecule has 4 nitrogen and oxygen atoms in total. The first kappa shape index (κ1) is 12.7. The Balaban J connectivity index is 1.80. The first-order valence-electron chi connectivity index (χ1n) is 6.14. The van der Waals surface area contributed by atoms with Crippen LogP contribution in [0, 0.1) is 0 Å². The van der Waals surface area contributed by atoms with E-state index in [4.69, 9.17) is 21.9 Å². The summed E-state index contributed by atoms with van der Waals surface area (Å²) in [7, 11) is 0. The standard InChI is InChI=1S/C15H12ClN3O/c16-12-5-1-10(2-6-12)9-14-18-15(20-19-14)11-3-7-13(17)8-4-11/h1-8H,9,17H2. The SMILES string of the molecule is Nc1ccc(-c2nc(Cc3ccc(Cl)cc3)no2)cc1. The molecule has 0 bridgehead atoms. The van der Waals surface area contributed by atoms with Crippen molar-refractivity contribution in [1.29, 1.82) is 0 Å². The van der Waals surface area contributed by atoms with Gasteiger partial charge >= 0.3 is 0 Å². The molecule has 0 radical (unpaired) electrons. The first-order chi connectivity index (χ1) is 9.70. The summed E-state index contributed by atoms with van der Waals surface area (Å²) in [5.41, 5.74) is 8.29. The normalized spacial score (nSPS) is 10.7. The van der Waals surface area contributed by atoms with E-state index in [1.807, 2.05) is 36.4 Å². The number of benzene rings is 2. The summed E-state index contributed by atoms with van der Waals surface area (Å²) < 4.78 is 5.26. The van der Waals surface area contributed by atoms with Gasteiger partial charge < -0.3 is 10.3 Å². The monoisotopic (exact) mass is 285 g/mol. The number of hydrogen-bond donors (Lipinski definition) is 1. The maximum atomic E-state index is 5.85. The molecule has 1 heterocycles. The number of anilines is 1. The third kappa shape index (κ3) is 2.81. The lowest BCUT2D eigenvalue weighted by Crippen LogP contribution is -1.90.